The van der Waals surface area contributed by atoms with Crippen molar-refractivity contribution in [1.29, 1.82) is 0 Å². The van der Waals surface area contributed by atoms with E-state index in [0.29, 0.717) is 5.92 Å². The van der Waals surface area contributed by atoms with Crippen LogP contribution in [0.15, 0.2) is 12.1 Å². The van der Waals surface area contributed by atoms with Crippen LogP contribution >= 0.6 is 11.6 Å². The average Bonchev–Trinajstić information content (AvgIpc) is 2.33. The van der Waals surface area contributed by atoms with Crippen molar-refractivity contribution < 1.29 is 4.74 Å². The van der Waals surface area contributed by atoms with E-state index in [0.717, 1.165) is 29.3 Å². The third kappa shape index (κ3) is 4.12. The van der Waals surface area contributed by atoms with E-state index in [9.17, 15) is 0 Å². The van der Waals surface area contributed by atoms with Crippen molar-refractivity contribution >= 4 is 11.6 Å². The van der Waals surface area contributed by atoms with Gasteiger partial charge < -0.3 is 10.1 Å². The number of nitrogens with one attached hydrogen (secondary N) is 1. The fourth-order valence-electron chi connectivity index (χ4n) is 2.08. The van der Waals surface area contributed by atoms with Crippen LogP contribution in [0, 0.1) is 6.92 Å². The predicted octanol–water partition coefficient (Wildman–Crippen LogP) is 4.54. The highest BCUT2D eigenvalue weighted by Gasteiger charge is 2.25. The number of rotatable bonds is 6. The second-order valence-electron chi connectivity index (χ2n) is 5.73. The number of hydrogen-bond acceptors (Lipinski definition) is 2. The molecule has 0 amide bonds. The Morgan fingerprint density at radius 3 is 2.47 bits per heavy atom. The lowest BCUT2D eigenvalue weighted by Crippen LogP contribution is -2.41. The van der Waals surface area contributed by atoms with Gasteiger partial charge in [-0.25, -0.2) is 0 Å². The maximum atomic E-state index is 6.30. The molecule has 1 atom stereocenters. The summed E-state index contributed by atoms with van der Waals surface area (Å²) in [5.41, 5.74) is 2.04. The van der Waals surface area contributed by atoms with Crippen molar-refractivity contribution in [2.45, 2.75) is 52.6 Å². The van der Waals surface area contributed by atoms with Crippen molar-refractivity contribution in [2.75, 3.05) is 13.6 Å². The van der Waals surface area contributed by atoms with Gasteiger partial charge in [-0.2, -0.15) is 0 Å². The summed E-state index contributed by atoms with van der Waals surface area (Å²) in [6.45, 7) is 11.4. The second-order valence-corrected chi connectivity index (χ2v) is 6.14. The van der Waals surface area contributed by atoms with Crippen LogP contribution in [-0.4, -0.2) is 19.2 Å². The third-order valence-electron chi connectivity index (χ3n) is 3.57. The second kappa shape index (κ2) is 6.62. The van der Waals surface area contributed by atoms with Crippen LogP contribution in [0.5, 0.6) is 5.75 Å². The molecule has 0 aliphatic carbocycles. The molecule has 0 fully saturated rings. The van der Waals surface area contributed by atoms with Crippen LogP contribution in [0.4, 0.5) is 0 Å². The first-order valence-corrected chi connectivity index (χ1v) is 7.34. The van der Waals surface area contributed by atoms with E-state index in [1.807, 2.05) is 20.0 Å². The monoisotopic (exact) mass is 283 g/mol. The summed E-state index contributed by atoms with van der Waals surface area (Å²) in [6.07, 6.45) is 0.951. The van der Waals surface area contributed by atoms with E-state index in [4.69, 9.17) is 16.3 Å². The van der Waals surface area contributed by atoms with Crippen LogP contribution in [0.2, 0.25) is 5.02 Å². The van der Waals surface area contributed by atoms with E-state index < -0.39 is 0 Å². The molecule has 0 heterocycles. The average molecular weight is 284 g/mol. The highest BCUT2D eigenvalue weighted by Crippen LogP contribution is 2.34. The first kappa shape index (κ1) is 16.3. The normalized spacial score (nSPS) is 14.5. The Balaban J connectivity index is 3.15. The van der Waals surface area contributed by atoms with Crippen LogP contribution in [0.1, 0.15) is 51.2 Å². The molecule has 1 unspecified atom stereocenters. The lowest BCUT2D eigenvalue weighted by Gasteiger charge is -2.31. The largest absolute Gasteiger partial charge is 0.486 e. The van der Waals surface area contributed by atoms with Crippen LogP contribution in [0.25, 0.3) is 0 Å². The summed E-state index contributed by atoms with van der Waals surface area (Å²) in [4.78, 5) is 0. The highest BCUT2D eigenvalue weighted by molar-refractivity contribution is 6.31. The quantitative estimate of drug-likeness (QED) is 0.828. The minimum Gasteiger partial charge on any atom is -0.486 e. The number of halogens is 1. The number of aryl methyl sites for hydroxylation is 1. The molecule has 3 heteroatoms. The smallest absolute Gasteiger partial charge is 0.124 e. The molecule has 1 N–H and O–H groups in total. The summed E-state index contributed by atoms with van der Waals surface area (Å²) < 4.78 is 6.30. The fourth-order valence-corrected chi connectivity index (χ4v) is 2.25. The molecule has 0 radical (unpaired) electrons. The molecule has 1 aromatic carbocycles. The molecule has 0 aliphatic rings. The third-order valence-corrected chi connectivity index (χ3v) is 3.98. The molecule has 108 valence electrons. The molecule has 0 bridgehead atoms. The van der Waals surface area contributed by atoms with Crippen molar-refractivity contribution in [1.82, 2.24) is 5.32 Å². The van der Waals surface area contributed by atoms with Gasteiger partial charge in [0.2, 0.25) is 0 Å². The van der Waals surface area contributed by atoms with Gasteiger partial charge in [-0.05, 0) is 56.5 Å². The van der Waals surface area contributed by atoms with Crippen LogP contribution in [0.3, 0.4) is 0 Å². The standard InChI is InChI=1S/C16H26ClNO/c1-7-16(5,10-18-6)19-15-8-12(4)14(17)9-13(15)11(2)3/h8-9,11,18H,7,10H2,1-6H3. The van der Waals surface area contributed by atoms with Crippen LogP contribution in [-0.2, 0) is 0 Å². The van der Waals surface area contributed by atoms with Crippen LogP contribution < -0.4 is 10.1 Å². The number of likely N-dealkylation sites (N-methyl/N-ethyl adjacent to an activating group) is 1. The molecule has 0 saturated heterocycles. The minimum absolute atomic E-state index is 0.196. The summed E-state index contributed by atoms with van der Waals surface area (Å²) in [7, 11) is 1.95. The maximum Gasteiger partial charge on any atom is 0.124 e. The van der Waals surface area contributed by atoms with E-state index in [1.165, 1.54) is 5.56 Å². The number of benzene rings is 1. The van der Waals surface area contributed by atoms with Gasteiger partial charge in [-0.15, -0.1) is 0 Å². The van der Waals surface area contributed by atoms with E-state index in [-0.39, 0.29) is 5.60 Å². The zero-order valence-corrected chi connectivity index (χ0v) is 13.7. The van der Waals surface area contributed by atoms with Gasteiger partial charge in [-0.1, -0.05) is 32.4 Å². The predicted molar refractivity (Wildman–Crippen MR) is 83.5 cm³/mol. The Morgan fingerprint density at radius 1 is 1.37 bits per heavy atom. The topological polar surface area (TPSA) is 21.3 Å². The maximum absolute atomic E-state index is 6.30. The zero-order valence-electron chi connectivity index (χ0n) is 12.9. The van der Waals surface area contributed by atoms with E-state index >= 15 is 0 Å². The van der Waals surface area contributed by atoms with E-state index in [1.54, 1.807) is 0 Å². The Bertz CT molecular complexity index is 431. The van der Waals surface area contributed by atoms with Crippen molar-refractivity contribution in [3.05, 3.63) is 28.3 Å². The van der Waals surface area contributed by atoms with Gasteiger partial charge in [0, 0.05) is 11.6 Å². The molecule has 1 rings (SSSR count). The Kier molecular flexibility index (Phi) is 5.69. The van der Waals surface area contributed by atoms with Crippen molar-refractivity contribution in [2.24, 2.45) is 0 Å². The molecular weight excluding hydrogens is 258 g/mol. The summed E-state index contributed by atoms with van der Waals surface area (Å²) >= 11 is 6.23. The van der Waals surface area contributed by atoms with Gasteiger partial charge in [-0.3, -0.25) is 0 Å². The molecule has 2 nitrogen and oxygen atoms in total. The molecular formula is C16H26ClNO. The number of ether oxygens (including phenoxy) is 1. The fraction of sp³-hybridized carbons (Fsp3) is 0.625. The molecule has 0 aliphatic heterocycles. The van der Waals surface area contributed by atoms with Crippen molar-refractivity contribution in [3.63, 3.8) is 0 Å². The number of hydrogen-bond donors (Lipinski definition) is 1. The van der Waals surface area contributed by atoms with Gasteiger partial charge >= 0.3 is 0 Å². The van der Waals surface area contributed by atoms with Gasteiger partial charge in [0.1, 0.15) is 11.4 Å². The Labute approximate surface area is 122 Å². The van der Waals surface area contributed by atoms with Gasteiger partial charge in [0.25, 0.3) is 0 Å². The molecule has 19 heavy (non-hydrogen) atoms. The molecule has 0 saturated carbocycles. The summed E-state index contributed by atoms with van der Waals surface area (Å²) in [5.74, 6) is 1.35. The SMILES string of the molecule is CCC(C)(CNC)Oc1cc(C)c(Cl)cc1C(C)C. The minimum atomic E-state index is -0.196. The highest BCUT2D eigenvalue weighted by atomic mass is 35.5. The Hall–Kier alpha value is -0.730. The molecule has 0 spiro atoms. The van der Waals surface area contributed by atoms with Gasteiger partial charge in [0.05, 0.1) is 0 Å². The molecule has 0 aromatic heterocycles. The van der Waals surface area contributed by atoms with Gasteiger partial charge in [0.15, 0.2) is 0 Å². The lowest BCUT2D eigenvalue weighted by molar-refractivity contribution is 0.0842. The summed E-state index contributed by atoms with van der Waals surface area (Å²) in [5, 5.41) is 4.01. The first-order chi connectivity index (χ1) is 8.83. The lowest BCUT2D eigenvalue weighted by atomic mass is 9.98. The molecule has 1 aromatic rings. The van der Waals surface area contributed by atoms with E-state index in [2.05, 4.69) is 39.1 Å². The zero-order chi connectivity index (χ0) is 14.6. The summed E-state index contributed by atoms with van der Waals surface area (Å²) in [6, 6.07) is 4.09. The van der Waals surface area contributed by atoms with Crippen molar-refractivity contribution in [3.8, 4) is 5.75 Å². The first-order valence-electron chi connectivity index (χ1n) is 6.96. The Morgan fingerprint density at radius 2 is 2.00 bits per heavy atom.